The SMILES string of the molecule is CCOC(=O)CNC(CCCN)C(N)=O. The van der Waals surface area contributed by atoms with E-state index in [1.54, 1.807) is 6.92 Å². The maximum Gasteiger partial charge on any atom is 0.319 e. The van der Waals surface area contributed by atoms with Crippen molar-refractivity contribution < 1.29 is 14.3 Å². The van der Waals surface area contributed by atoms with Crippen molar-refractivity contribution in [3.63, 3.8) is 0 Å². The topological polar surface area (TPSA) is 107 Å². The first kappa shape index (κ1) is 13.9. The predicted octanol–water partition coefficient (Wildman–Crippen LogP) is -1.27. The molecule has 0 aromatic heterocycles. The lowest BCUT2D eigenvalue weighted by atomic mass is 10.1. The summed E-state index contributed by atoms with van der Waals surface area (Å²) in [5.74, 6) is -0.871. The molecular weight excluding hydrogens is 198 g/mol. The second kappa shape index (κ2) is 8.19. The zero-order valence-corrected chi connectivity index (χ0v) is 8.99. The Balaban J connectivity index is 3.85. The van der Waals surface area contributed by atoms with Crippen LogP contribution in [0.25, 0.3) is 0 Å². The van der Waals surface area contributed by atoms with Gasteiger partial charge in [-0.15, -0.1) is 0 Å². The molecule has 6 nitrogen and oxygen atoms in total. The van der Waals surface area contributed by atoms with E-state index in [2.05, 4.69) is 5.32 Å². The molecule has 15 heavy (non-hydrogen) atoms. The maximum atomic E-state index is 11.0. The molecule has 0 heterocycles. The smallest absolute Gasteiger partial charge is 0.319 e. The molecule has 0 aliphatic rings. The van der Waals surface area contributed by atoms with Gasteiger partial charge in [0.2, 0.25) is 5.91 Å². The minimum Gasteiger partial charge on any atom is -0.465 e. The van der Waals surface area contributed by atoms with Crippen LogP contribution in [-0.2, 0) is 14.3 Å². The van der Waals surface area contributed by atoms with Gasteiger partial charge in [0.1, 0.15) is 0 Å². The summed E-state index contributed by atoms with van der Waals surface area (Å²) >= 11 is 0. The fourth-order valence-electron chi connectivity index (χ4n) is 1.09. The molecule has 0 radical (unpaired) electrons. The van der Waals surface area contributed by atoms with E-state index >= 15 is 0 Å². The molecule has 0 aliphatic carbocycles. The molecule has 5 N–H and O–H groups in total. The van der Waals surface area contributed by atoms with Crippen LogP contribution in [0.3, 0.4) is 0 Å². The van der Waals surface area contributed by atoms with Crippen molar-refractivity contribution in [1.29, 1.82) is 0 Å². The van der Waals surface area contributed by atoms with Crippen LogP contribution in [0.5, 0.6) is 0 Å². The van der Waals surface area contributed by atoms with Gasteiger partial charge >= 0.3 is 5.97 Å². The van der Waals surface area contributed by atoms with Crippen LogP contribution in [0.2, 0.25) is 0 Å². The molecule has 88 valence electrons. The van der Waals surface area contributed by atoms with Gasteiger partial charge < -0.3 is 16.2 Å². The van der Waals surface area contributed by atoms with E-state index in [0.717, 1.165) is 0 Å². The van der Waals surface area contributed by atoms with Crippen LogP contribution in [0.1, 0.15) is 19.8 Å². The summed E-state index contributed by atoms with van der Waals surface area (Å²) in [7, 11) is 0. The normalized spacial score (nSPS) is 12.1. The average molecular weight is 217 g/mol. The van der Waals surface area contributed by atoms with Gasteiger partial charge in [-0.1, -0.05) is 0 Å². The van der Waals surface area contributed by atoms with Crippen molar-refractivity contribution in [2.75, 3.05) is 19.7 Å². The fourth-order valence-corrected chi connectivity index (χ4v) is 1.09. The maximum absolute atomic E-state index is 11.0. The number of rotatable bonds is 8. The second-order valence-electron chi connectivity index (χ2n) is 3.07. The summed E-state index contributed by atoms with van der Waals surface area (Å²) in [6, 6.07) is -0.516. The lowest BCUT2D eigenvalue weighted by molar-refractivity contribution is -0.142. The molecule has 1 amide bonds. The number of carbonyl (C=O) groups excluding carboxylic acids is 2. The Hall–Kier alpha value is -1.14. The summed E-state index contributed by atoms with van der Waals surface area (Å²) in [4.78, 5) is 21.9. The zero-order chi connectivity index (χ0) is 11.7. The quantitative estimate of drug-likeness (QED) is 0.439. The van der Waals surface area contributed by atoms with Crippen molar-refractivity contribution in [2.24, 2.45) is 11.5 Å². The summed E-state index contributed by atoms with van der Waals surface area (Å²) in [5.41, 5.74) is 10.5. The monoisotopic (exact) mass is 217 g/mol. The zero-order valence-electron chi connectivity index (χ0n) is 8.99. The minimum atomic E-state index is -0.516. The summed E-state index contributed by atoms with van der Waals surface area (Å²) in [5, 5.41) is 2.73. The molecule has 6 heteroatoms. The first-order valence-electron chi connectivity index (χ1n) is 5.00. The number of hydrogen-bond acceptors (Lipinski definition) is 5. The van der Waals surface area contributed by atoms with E-state index < -0.39 is 17.9 Å². The lowest BCUT2D eigenvalue weighted by Gasteiger charge is -2.13. The molecule has 0 aromatic rings. The van der Waals surface area contributed by atoms with Crippen molar-refractivity contribution in [3.05, 3.63) is 0 Å². The molecular formula is C9H19N3O3. The lowest BCUT2D eigenvalue weighted by Crippen LogP contribution is -2.44. The Bertz CT molecular complexity index is 207. The number of primary amides is 1. The Morgan fingerprint density at radius 1 is 1.47 bits per heavy atom. The van der Waals surface area contributed by atoms with Crippen molar-refractivity contribution in [2.45, 2.75) is 25.8 Å². The highest BCUT2D eigenvalue weighted by Crippen LogP contribution is 1.95. The van der Waals surface area contributed by atoms with Gasteiger partial charge in [-0.3, -0.25) is 14.9 Å². The van der Waals surface area contributed by atoms with E-state index in [-0.39, 0.29) is 6.54 Å². The average Bonchev–Trinajstić information content (AvgIpc) is 2.17. The number of carbonyl (C=O) groups is 2. The van der Waals surface area contributed by atoms with Crippen molar-refractivity contribution in [1.82, 2.24) is 5.32 Å². The molecule has 0 bridgehead atoms. The molecule has 0 spiro atoms. The van der Waals surface area contributed by atoms with Gasteiger partial charge in [0, 0.05) is 0 Å². The highest BCUT2D eigenvalue weighted by Gasteiger charge is 2.15. The van der Waals surface area contributed by atoms with Crippen LogP contribution >= 0.6 is 0 Å². The molecule has 0 saturated heterocycles. The summed E-state index contributed by atoms with van der Waals surface area (Å²) < 4.78 is 4.70. The van der Waals surface area contributed by atoms with E-state index in [0.29, 0.717) is 26.0 Å². The number of hydrogen-bond donors (Lipinski definition) is 3. The van der Waals surface area contributed by atoms with E-state index in [9.17, 15) is 9.59 Å². The first-order valence-corrected chi connectivity index (χ1v) is 5.00. The van der Waals surface area contributed by atoms with Crippen LogP contribution in [0.15, 0.2) is 0 Å². The second-order valence-corrected chi connectivity index (χ2v) is 3.07. The van der Waals surface area contributed by atoms with E-state index in [4.69, 9.17) is 16.2 Å². The predicted molar refractivity (Wildman–Crippen MR) is 55.9 cm³/mol. The van der Waals surface area contributed by atoms with E-state index in [1.807, 2.05) is 0 Å². The van der Waals surface area contributed by atoms with Gasteiger partial charge in [0.25, 0.3) is 0 Å². The minimum absolute atomic E-state index is 0.00792. The van der Waals surface area contributed by atoms with Crippen LogP contribution < -0.4 is 16.8 Å². The van der Waals surface area contributed by atoms with Crippen LogP contribution in [0.4, 0.5) is 0 Å². The van der Waals surface area contributed by atoms with Crippen molar-refractivity contribution in [3.8, 4) is 0 Å². The van der Waals surface area contributed by atoms with Gasteiger partial charge in [-0.2, -0.15) is 0 Å². The summed E-state index contributed by atoms with van der Waals surface area (Å²) in [6.45, 7) is 2.53. The van der Waals surface area contributed by atoms with Crippen LogP contribution in [-0.4, -0.2) is 37.6 Å². The molecule has 0 fully saturated rings. The third-order valence-electron chi connectivity index (χ3n) is 1.84. The number of nitrogens with two attached hydrogens (primary N) is 2. The Morgan fingerprint density at radius 3 is 2.60 bits per heavy atom. The van der Waals surface area contributed by atoms with Gasteiger partial charge in [-0.05, 0) is 26.3 Å². The third kappa shape index (κ3) is 6.87. The van der Waals surface area contributed by atoms with E-state index in [1.165, 1.54) is 0 Å². The third-order valence-corrected chi connectivity index (χ3v) is 1.84. The van der Waals surface area contributed by atoms with Crippen LogP contribution in [0, 0.1) is 0 Å². The number of esters is 1. The molecule has 0 aliphatic heterocycles. The first-order chi connectivity index (χ1) is 7.11. The Morgan fingerprint density at radius 2 is 2.13 bits per heavy atom. The Labute approximate surface area is 89.3 Å². The molecule has 0 saturated carbocycles. The molecule has 1 unspecified atom stereocenters. The van der Waals surface area contributed by atoms with Crippen molar-refractivity contribution >= 4 is 11.9 Å². The van der Waals surface area contributed by atoms with Gasteiger partial charge in [-0.25, -0.2) is 0 Å². The number of nitrogens with one attached hydrogen (secondary N) is 1. The molecule has 0 rings (SSSR count). The highest BCUT2D eigenvalue weighted by atomic mass is 16.5. The Kier molecular flexibility index (Phi) is 7.57. The number of ether oxygens (including phenoxy) is 1. The highest BCUT2D eigenvalue weighted by molar-refractivity contribution is 5.81. The summed E-state index contributed by atoms with van der Waals surface area (Å²) in [6.07, 6.45) is 1.22. The largest absolute Gasteiger partial charge is 0.465 e. The fraction of sp³-hybridized carbons (Fsp3) is 0.778. The number of amides is 1. The molecule has 0 aromatic carbocycles. The van der Waals surface area contributed by atoms with Gasteiger partial charge in [0.15, 0.2) is 0 Å². The standard InChI is InChI=1S/C9H19N3O3/c1-2-15-8(13)6-12-7(9(11)14)4-3-5-10/h7,12H,2-6,10H2,1H3,(H2,11,14). The van der Waals surface area contributed by atoms with Gasteiger partial charge in [0.05, 0.1) is 19.2 Å². The molecule has 1 atom stereocenters.